The molecule has 0 aliphatic heterocycles. The van der Waals surface area contributed by atoms with Crippen LogP contribution in [-0.2, 0) is 23.1 Å². The number of aliphatic hydroxyl groups is 1. The molecule has 7 rings (SSSR count). The number of methoxy groups -OCH3 is 2. The number of aromatic nitrogens is 1. The largest absolute Gasteiger partial charge is 0.508 e. The van der Waals surface area contributed by atoms with Crippen molar-refractivity contribution in [1.82, 2.24) is 4.98 Å². The number of aryl methyl sites for hydroxylation is 2. The first kappa shape index (κ1) is 37.8. The number of Topliss-reactive ketones (excluding diaryl/α,β-unsaturated/α-hetero) is 1. The number of pyridine rings is 1. The number of aromatic hydroxyl groups is 4. The summed E-state index contributed by atoms with van der Waals surface area (Å²) in [6.07, 6.45) is 8.66. The van der Waals surface area contributed by atoms with Crippen LogP contribution in [0.3, 0.4) is 0 Å². The van der Waals surface area contributed by atoms with Gasteiger partial charge < -0.3 is 40.3 Å². The van der Waals surface area contributed by atoms with E-state index in [4.69, 9.17) is 14.5 Å². The maximum absolute atomic E-state index is 15.0. The predicted molar refractivity (Wildman–Crippen MR) is 212 cm³/mol. The fourth-order valence-corrected chi connectivity index (χ4v) is 9.84. The quantitative estimate of drug-likeness (QED) is 0.0607. The van der Waals surface area contributed by atoms with Gasteiger partial charge in [-0.15, -0.1) is 0 Å². The van der Waals surface area contributed by atoms with Gasteiger partial charge in [0.05, 0.1) is 26.2 Å². The highest BCUT2D eigenvalue weighted by Crippen LogP contribution is 2.66. The Labute approximate surface area is 321 Å². The lowest BCUT2D eigenvalue weighted by atomic mass is 9.52. The number of aliphatic hydroxyl groups excluding tert-OH is 1. The van der Waals surface area contributed by atoms with Crippen molar-refractivity contribution in [3.63, 3.8) is 0 Å². The Morgan fingerprint density at radius 3 is 2.27 bits per heavy atom. The fraction of sp³-hybridized carbons (Fsp3) is 0.378. The molecule has 0 radical (unpaired) electrons. The molecule has 288 valence electrons. The number of phenolic OH excluding ortho intramolecular Hbond substituents is 4. The van der Waals surface area contributed by atoms with Crippen molar-refractivity contribution in [2.24, 2.45) is 11.3 Å². The van der Waals surface area contributed by atoms with Gasteiger partial charge in [-0.1, -0.05) is 37.5 Å². The Bertz CT molecular complexity index is 2180. The van der Waals surface area contributed by atoms with E-state index in [1.807, 2.05) is 36.4 Å². The molecule has 2 saturated carbocycles. The molecule has 2 aliphatic carbocycles. The summed E-state index contributed by atoms with van der Waals surface area (Å²) in [5.41, 5.74) is 2.47. The Balaban J connectivity index is 1.28. The third-order valence-electron chi connectivity index (χ3n) is 12.3. The number of hydrogen-bond acceptors (Lipinski definition) is 10. The fourth-order valence-electron chi connectivity index (χ4n) is 9.84. The van der Waals surface area contributed by atoms with Crippen LogP contribution in [0.25, 0.3) is 10.8 Å². The number of hydrogen-bond donors (Lipinski definition) is 6. The number of nitrogens with zero attached hydrogens (tertiary/aromatic N) is 1. The van der Waals surface area contributed by atoms with E-state index in [1.54, 1.807) is 36.5 Å². The molecule has 2 fully saturated rings. The topological polar surface area (TPSA) is 162 Å². The Morgan fingerprint density at radius 2 is 1.49 bits per heavy atom. The van der Waals surface area contributed by atoms with Crippen molar-refractivity contribution in [3.8, 4) is 34.5 Å². The highest BCUT2D eigenvalue weighted by Gasteiger charge is 2.62. The molecule has 5 aromatic rings. The smallest absolute Gasteiger partial charge is 0.200 e. The summed E-state index contributed by atoms with van der Waals surface area (Å²) in [4.78, 5) is 19.8. The van der Waals surface area contributed by atoms with Gasteiger partial charge in [0.25, 0.3) is 0 Å². The Morgan fingerprint density at radius 1 is 0.764 bits per heavy atom. The minimum absolute atomic E-state index is 0.0370. The van der Waals surface area contributed by atoms with Gasteiger partial charge in [0.15, 0.2) is 23.0 Å². The van der Waals surface area contributed by atoms with E-state index in [0.717, 1.165) is 72.5 Å². The van der Waals surface area contributed by atoms with Crippen LogP contribution in [0, 0.1) is 11.3 Å². The summed E-state index contributed by atoms with van der Waals surface area (Å²) in [6, 6.07) is 23.5. The molecule has 3 atom stereocenters. The van der Waals surface area contributed by atoms with Crippen molar-refractivity contribution >= 4 is 28.1 Å². The molecule has 0 saturated heterocycles. The van der Waals surface area contributed by atoms with Crippen LogP contribution in [0.1, 0.15) is 74.5 Å². The second-order valence-corrected chi connectivity index (χ2v) is 15.3. The molecular weight excluding hydrogens is 697 g/mol. The van der Waals surface area contributed by atoms with Crippen molar-refractivity contribution in [2.45, 2.75) is 82.1 Å². The van der Waals surface area contributed by atoms with Crippen LogP contribution >= 0.6 is 0 Å². The van der Waals surface area contributed by atoms with Gasteiger partial charge in [0.1, 0.15) is 17.4 Å². The van der Waals surface area contributed by atoms with E-state index in [1.165, 1.54) is 20.3 Å². The lowest BCUT2D eigenvalue weighted by Gasteiger charge is -2.51. The molecule has 10 heteroatoms. The van der Waals surface area contributed by atoms with Crippen LogP contribution in [0.4, 0.5) is 11.5 Å². The highest BCUT2D eigenvalue weighted by molar-refractivity contribution is 5.87. The number of ketones is 1. The number of benzene rings is 4. The average molecular weight is 747 g/mol. The standard InChI is InChI=1S/C45H50N2O8/c1-54-39-23-28(6-13-35(39)49)7-14-36(50)42(37(51)15-8-29-22-38(52)43(53)40(24-29)55-2)45(20-5-19-44(45)17-3-4-18-44)32-16-21-46-41(27-32)47-33-11-9-31-26-34(48)12-10-30(31)25-33/h6,9-13,16,21-27,36,42,48-50,52-53H,3-5,7-8,14-15,17-20H2,1-2H3,(H,46,47)/t36-,42-,45-/m1/s1. The number of anilines is 2. The molecule has 4 aromatic carbocycles. The van der Waals surface area contributed by atoms with E-state index in [0.29, 0.717) is 30.0 Å². The first-order valence-electron chi connectivity index (χ1n) is 19.2. The second-order valence-electron chi connectivity index (χ2n) is 15.3. The van der Waals surface area contributed by atoms with E-state index in [2.05, 4.69) is 11.4 Å². The van der Waals surface area contributed by atoms with Gasteiger partial charge in [-0.25, -0.2) is 4.98 Å². The minimum Gasteiger partial charge on any atom is -0.508 e. The van der Waals surface area contributed by atoms with E-state index < -0.39 is 17.4 Å². The number of fused-ring (bicyclic) bond motifs is 1. The van der Waals surface area contributed by atoms with Crippen molar-refractivity contribution in [2.75, 3.05) is 19.5 Å². The lowest BCUT2D eigenvalue weighted by Crippen LogP contribution is -2.53. The van der Waals surface area contributed by atoms with Crippen molar-refractivity contribution in [3.05, 3.63) is 102 Å². The van der Waals surface area contributed by atoms with Crippen molar-refractivity contribution < 1.29 is 39.8 Å². The van der Waals surface area contributed by atoms with Gasteiger partial charge in [-0.3, -0.25) is 4.79 Å². The molecule has 55 heavy (non-hydrogen) atoms. The average Bonchev–Trinajstić information content (AvgIpc) is 3.82. The maximum atomic E-state index is 15.0. The minimum atomic E-state index is -0.993. The van der Waals surface area contributed by atoms with Crippen molar-refractivity contribution in [1.29, 1.82) is 0 Å². The summed E-state index contributed by atoms with van der Waals surface area (Å²) in [5, 5.41) is 58.7. The molecule has 1 aromatic heterocycles. The maximum Gasteiger partial charge on any atom is 0.200 e. The molecule has 10 nitrogen and oxygen atoms in total. The second kappa shape index (κ2) is 15.7. The highest BCUT2D eigenvalue weighted by atomic mass is 16.5. The number of phenols is 4. The number of nitrogens with one attached hydrogen (secondary N) is 1. The molecule has 2 aliphatic rings. The van der Waals surface area contributed by atoms with Crippen LogP contribution in [0.5, 0.6) is 34.5 Å². The van der Waals surface area contributed by atoms with Gasteiger partial charge in [0.2, 0.25) is 5.75 Å². The van der Waals surface area contributed by atoms with E-state index >= 15 is 4.79 Å². The molecule has 6 N–H and O–H groups in total. The van der Waals surface area contributed by atoms with Gasteiger partial charge in [0, 0.05) is 23.7 Å². The zero-order chi connectivity index (χ0) is 38.7. The SMILES string of the molecule is COc1cc(CC[C@@H](O)[C@H](C(=O)CCc2cc(O)c(O)c(OC)c2)[C@]2(c3ccnc(Nc4ccc5cc(O)ccc5c4)c3)CCCC23CCCC3)ccc1O. The lowest BCUT2D eigenvalue weighted by molar-refractivity contribution is -0.133. The summed E-state index contributed by atoms with van der Waals surface area (Å²) >= 11 is 0. The first-order chi connectivity index (χ1) is 26.6. The van der Waals surface area contributed by atoms with Crippen LogP contribution < -0.4 is 14.8 Å². The Hall–Kier alpha value is -5.48. The molecule has 0 bridgehead atoms. The summed E-state index contributed by atoms with van der Waals surface area (Å²) in [7, 11) is 2.91. The number of carbonyl (C=O) groups excluding carboxylic acids is 1. The number of carbonyl (C=O) groups is 1. The summed E-state index contributed by atoms with van der Waals surface area (Å²) in [6.45, 7) is 0. The van der Waals surface area contributed by atoms with Crippen LogP contribution in [0.2, 0.25) is 0 Å². The normalized spacial score (nSPS) is 18.7. The monoisotopic (exact) mass is 746 g/mol. The van der Waals surface area contributed by atoms with Gasteiger partial charge in [-0.05, 0) is 138 Å². The summed E-state index contributed by atoms with van der Waals surface area (Å²) in [5.74, 6) is -0.111. The predicted octanol–water partition coefficient (Wildman–Crippen LogP) is 8.61. The molecule has 1 spiro atoms. The Kier molecular flexibility index (Phi) is 10.8. The summed E-state index contributed by atoms with van der Waals surface area (Å²) < 4.78 is 10.6. The van der Waals surface area contributed by atoms with Crippen LogP contribution in [0.15, 0.2) is 85.1 Å². The zero-order valence-electron chi connectivity index (χ0n) is 31.4. The van der Waals surface area contributed by atoms with Crippen LogP contribution in [-0.4, -0.2) is 56.6 Å². The number of rotatable bonds is 14. The van der Waals surface area contributed by atoms with E-state index in [9.17, 15) is 25.5 Å². The van der Waals surface area contributed by atoms with Gasteiger partial charge in [-0.2, -0.15) is 0 Å². The third kappa shape index (κ3) is 7.35. The first-order valence-corrected chi connectivity index (χ1v) is 19.2. The number of ether oxygens (including phenoxy) is 2. The van der Waals surface area contributed by atoms with Gasteiger partial charge >= 0.3 is 0 Å². The third-order valence-corrected chi connectivity index (χ3v) is 12.3. The molecule has 0 amide bonds. The molecule has 0 unspecified atom stereocenters. The molecular formula is C45H50N2O8. The zero-order valence-corrected chi connectivity index (χ0v) is 31.4. The van der Waals surface area contributed by atoms with E-state index in [-0.39, 0.29) is 52.8 Å². The molecule has 1 heterocycles.